The zero-order valence-electron chi connectivity index (χ0n) is 62.3. The normalized spacial score (nSPS) is 23.1. The first-order valence-electron chi connectivity index (χ1n) is 35.5. The minimum atomic E-state index is -5.12. The molecule has 2 saturated heterocycles. The second-order valence-electron chi connectivity index (χ2n) is 28.3. The van der Waals surface area contributed by atoms with Gasteiger partial charge in [0, 0.05) is 90.3 Å². The molecule has 104 heavy (non-hydrogen) atoms. The van der Waals surface area contributed by atoms with Crippen molar-refractivity contribution >= 4 is 105 Å². The number of unbranched alkanes of at least 4 members (excludes halogenated alkanes) is 1. The lowest BCUT2D eigenvalue weighted by Gasteiger charge is -2.38. The number of hydrogen-bond donors (Lipinski definition) is 4. The van der Waals surface area contributed by atoms with Gasteiger partial charge < -0.3 is 65.2 Å². The van der Waals surface area contributed by atoms with Crippen LogP contribution in [0.5, 0.6) is 5.75 Å². The van der Waals surface area contributed by atoms with Crippen LogP contribution >= 0.6 is 34.2 Å². The van der Waals surface area contributed by atoms with Gasteiger partial charge >= 0.3 is 6.36 Å². The highest BCUT2D eigenvalue weighted by atomic mass is 127. The van der Waals surface area contributed by atoms with Crippen molar-refractivity contribution < 1.29 is 75.4 Å². The number of rotatable bonds is 17. The number of carbonyl (C=O) groups excluding carboxylic acids is 12. The van der Waals surface area contributed by atoms with Crippen molar-refractivity contribution in [3.8, 4) is 5.75 Å². The van der Waals surface area contributed by atoms with Crippen molar-refractivity contribution in [1.29, 1.82) is 0 Å². The molecule has 4 N–H and O–H groups in total. The molecule has 0 bridgehead atoms. The Kier molecular flexibility index (Phi) is 33.6. The summed E-state index contributed by atoms with van der Waals surface area (Å²) >= 11 is 8.33. The van der Waals surface area contributed by atoms with Gasteiger partial charge in [-0.1, -0.05) is 116 Å². The zero-order chi connectivity index (χ0) is 77.6. The fraction of sp³-hybridized carbons (Fsp3) is 0.595. The SMILES string of the molecule is CCCC[C@@H]1NC(=O)[C@H](Cc2cccc(I)c2)NC(=O)CN(C)C(=O)[C@H](Cc2ccc(Cl)cc2)N(C)C(=O)CN(C)C(=O)CN(C)C(=O)[C@H]([C@@H](C)CC)NC(=O)[C@H](CC(C)C)N(C)C(=O)CC(C(=O)N2CCCCC2)N(C)C(=O)[C@H](CC(C)C)NC(=O)[C@H](Cc2cccc(OC(F)(F)F)c2)N(C)C1=O. The molecule has 1 unspecified atom stereocenters. The van der Waals surface area contributed by atoms with Gasteiger partial charge in [-0.15, -0.1) is 13.2 Å². The lowest BCUT2D eigenvalue weighted by molar-refractivity contribution is -0.274. The van der Waals surface area contributed by atoms with E-state index in [1.54, 1.807) is 75.1 Å². The Balaban J connectivity index is 1.70. The molecule has 5 rings (SSSR count). The van der Waals surface area contributed by atoms with Gasteiger partial charge in [0.25, 0.3) is 0 Å². The summed E-state index contributed by atoms with van der Waals surface area (Å²) in [7, 11) is 9.35. The van der Waals surface area contributed by atoms with Crippen LogP contribution in [0.1, 0.15) is 129 Å². The van der Waals surface area contributed by atoms with Gasteiger partial charge in [-0.25, -0.2) is 0 Å². The number of halogens is 5. The highest BCUT2D eigenvalue weighted by molar-refractivity contribution is 14.1. The first kappa shape index (κ1) is 86.6. The van der Waals surface area contributed by atoms with E-state index in [0.717, 1.165) is 51.5 Å². The van der Waals surface area contributed by atoms with Crippen LogP contribution in [-0.2, 0) is 76.8 Å². The molecule has 12 amide bonds. The van der Waals surface area contributed by atoms with Crippen molar-refractivity contribution in [2.24, 2.45) is 17.8 Å². The summed E-state index contributed by atoms with van der Waals surface area (Å²) in [6.45, 7) is 11.3. The van der Waals surface area contributed by atoms with E-state index < -0.39 is 170 Å². The number of nitrogens with one attached hydrogen (secondary N) is 4. The lowest BCUT2D eigenvalue weighted by atomic mass is 9.95. The topological polar surface area (TPSA) is 288 Å². The van der Waals surface area contributed by atoms with E-state index in [1.807, 2.05) is 26.8 Å². The third-order valence-electron chi connectivity index (χ3n) is 19.0. The van der Waals surface area contributed by atoms with Crippen LogP contribution in [0.3, 0.4) is 0 Å². The van der Waals surface area contributed by atoms with Crippen molar-refractivity contribution in [2.45, 2.75) is 187 Å². The summed E-state index contributed by atoms with van der Waals surface area (Å²) in [5, 5.41) is 11.6. The summed E-state index contributed by atoms with van der Waals surface area (Å²) in [6.07, 6.45) is -3.29. The summed E-state index contributed by atoms with van der Waals surface area (Å²) in [5.41, 5.74) is 1.23. The third-order valence-corrected chi connectivity index (χ3v) is 19.9. The molecule has 2 aliphatic heterocycles. The molecule has 2 aliphatic rings. The summed E-state index contributed by atoms with van der Waals surface area (Å²) in [4.78, 5) is 188. The molecule has 25 nitrogen and oxygen atoms in total. The van der Waals surface area contributed by atoms with E-state index in [0.29, 0.717) is 61.3 Å². The number of likely N-dealkylation sites (tertiary alicyclic amines) is 1. The van der Waals surface area contributed by atoms with E-state index >= 15 is 28.8 Å². The van der Waals surface area contributed by atoms with Crippen LogP contribution in [-0.4, -0.2) is 247 Å². The fourth-order valence-corrected chi connectivity index (χ4v) is 13.3. The van der Waals surface area contributed by atoms with E-state index in [-0.39, 0.29) is 49.5 Å². The van der Waals surface area contributed by atoms with Gasteiger partial charge in [-0.3, -0.25) is 57.5 Å². The average Bonchev–Trinajstić information content (AvgIpc) is 0.799. The number of benzene rings is 3. The van der Waals surface area contributed by atoms with Crippen LogP contribution < -0.4 is 26.0 Å². The molecular weight excluding hydrogens is 1480 g/mol. The van der Waals surface area contributed by atoms with E-state index in [2.05, 4.69) is 48.6 Å². The molecule has 0 aromatic heterocycles. The van der Waals surface area contributed by atoms with Gasteiger partial charge in [0.05, 0.1) is 26.1 Å². The predicted octanol–water partition coefficient (Wildman–Crippen LogP) is 6.24. The maximum atomic E-state index is 15.4. The number of ether oxygens (including phenoxy) is 1. The monoisotopic (exact) mass is 1590 g/mol. The minimum absolute atomic E-state index is 0.0290. The van der Waals surface area contributed by atoms with Gasteiger partial charge in [0.15, 0.2) is 0 Å². The largest absolute Gasteiger partial charge is 0.573 e. The number of carbonyl (C=O) groups is 12. The summed E-state index contributed by atoms with van der Waals surface area (Å²) in [5.74, 6) is -11.0. The van der Waals surface area contributed by atoms with Crippen molar-refractivity contribution in [3.05, 3.63) is 98.1 Å². The van der Waals surface area contributed by atoms with Gasteiger partial charge in [-0.05, 0) is 132 Å². The van der Waals surface area contributed by atoms with Crippen LogP contribution in [0.4, 0.5) is 13.2 Å². The summed E-state index contributed by atoms with van der Waals surface area (Å²) < 4.78 is 46.3. The highest BCUT2D eigenvalue weighted by Gasteiger charge is 2.43. The van der Waals surface area contributed by atoms with Crippen molar-refractivity contribution in [1.82, 2.24) is 60.5 Å². The predicted molar refractivity (Wildman–Crippen MR) is 395 cm³/mol. The number of hydrogen-bond acceptors (Lipinski definition) is 13. The van der Waals surface area contributed by atoms with Crippen LogP contribution in [0.15, 0.2) is 72.8 Å². The van der Waals surface area contributed by atoms with Crippen LogP contribution in [0.2, 0.25) is 5.02 Å². The van der Waals surface area contributed by atoms with Crippen LogP contribution in [0, 0.1) is 21.3 Å². The quantitative estimate of drug-likeness (QED) is 0.109. The second kappa shape index (κ2) is 40.4. The number of likely N-dealkylation sites (N-methyl/N-ethyl adjacent to an activating group) is 7. The Morgan fingerprint density at radius 3 is 1.71 bits per heavy atom. The van der Waals surface area contributed by atoms with Crippen molar-refractivity contribution in [2.75, 3.05) is 82.1 Å². The Morgan fingerprint density at radius 1 is 0.558 bits per heavy atom. The fourth-order valence-electron chi connectivity index (χ4n) is 12.6. The van der Waals surface area contributed by atoms with Gasteiger partial charge in [0.1, 0.15) is 54.1 Å². The van der Waals surface area contributed by atoms with Gasteiger partial charge in [-0.2, -0.15) is 0 Å². The van der Waals surface area contributed by atoms with E-state index in [1.165, 1.54) is 66.4 Å². The van der Waals surface area contributed by atoms with Crippen LogP contribution in [0.25, 0.3) is 0 Å². The molecule has 0 spiro atoms. The molecule has 3 aromatic rings. The molecule has 0 saturated carbocycles. The second-order valence-corrected chi connectivity index (χ2v) is 30.0. The molecule has 0 aliphatic carbocycles. The number of piperidine rings is 1. The van der Waals surface area contributed by atoms with E-state index in [9.17, 15) is 41.9 Å². The first-order valence-corrected chi connectivity index (χ1v) is 36.9. The number of nitrogens with zero attached hydrogens (tertiary/aromatic N) is 8. The molecule has 3 aromatic carbocycles. The lowest BCUT2D eigenvalue weighted by Crippen LogP contribution is -2.61. The Morgan fingerprint density at radius 2 is 1.12 bits per heavy atom. The van der Waals surface area contributed by atoms with E-state index in [4.69, 9.17) is 11.6 Å². The smallest absolute Gasteiger partial charge is 0.406 e. The number of amides is 12. The molecule has 574 valence electrons. The third kappa shape index (κ3) is 25.9. The van der Waals surface area contributed by atoms with Crippen molar-refractivity contribution in [3.63, 3.8) is 0 Å². The minimum Gasteiger partial charge on any atom is -0.406 e. The molecular formula is C74H105ClF3IN12O13. The molecule has 9 atom stereocenters. The Bertz CT molecular complexity index is 3490. The molecule has 2 fully saturated rings. The average molecular weight is 1590 g/mol. The standard InChI is InChI=1S/C74H105ClF3IN12O13/c1-15-17-27-54-69(99)89(13)58(40-50-24-22-26-53(37-50)104-74(76,77)78)67(97)82-56(34-45(3)4)70(100)90(14)60(72(102)91-32-19-18-20-33-91)41-62(93)87(11)57(35-46(5)6)68(98)83-65(47(7)16-2)73(103)86(10)43-63(94)84(8)44-64(95)88(12)59(39-48-28-30-51(75)31-29-48)71(101)85(9)42-61(92)80-55(66(96)81-54)38-49-23-21-25-52(79)36-49/h21-26,28-31,36-37,45-47,54-60,65H,15-20,27,32-35,38-44H2,1-14H3,(H,80,92)(H,81,96)(H,82,97)(H,83,98)/t47-,54-,55-,56-,57-,58-,59-,60?,65-/m0/s1. The van der Waals surface area contributed by atoms with Gasteiger partial charge in [0.2, 0.25) is 70.9 Å². The maximum absolute atomic E-state index is 15.4. The maximum Gasteiger partial charge on any atom is 0.573 e. The highest BCUT2D eigenvalue weighted by Crippen LogP contribution is 2.27. The Labute approximate surface area is 627 Å². The first-order chi connectivity index (χ1) is 48.8. The molecule has 30 heteroatoms. The zero-order valence-corrected chi connectivity index (χ0v) is 65.2. The number of alkyl halides is 3. The molecule has 0 radical (unpaired) electrons. The summed E-state index contributed by atoms with van der Waals surface area (Å²) in [6, 6.07) is 6.94. The molecule has 2 heterocycles. The Hall–Kier alpha value is -8.09.